The summed E-state index contributed by atoms with van der Waals surface area (Å²) in [5.74, 6) is 1.88. The van der Waals surface area contributed by atoms with E-state index in [1.165, 1.54) is 0 Å². The third-order valence-electron chi connectivity index (χ3n) is 3.09. The second-order valence-electron chi connectivity index (χ2n) is 4.62. The Kier molecular flexibility index (Phi) is 5.81. The maximum Gasteiger partial charge on any atom is 0.120 e. The average Bonchev–Trinajstić information content (AvgIpc) is 2.27. The first-order valence-corrected chi connectivity index (χ1v) is 7.26. The molecule has 0 aromatic heterocycles. The van der Waals surface area contributed by atoms with E-state index < -0.39 is 0 Å². The van der Waals surface area contributed by atoms with Crippen LogP contribution in [0.2, 0.25) is 0 Å². The molecule has 3 heteroatoms. The SMILES string of the molecule is CCOc1ccc(C(Cl)C(C)C(C)C)c(Br)c1. The Morgan fingerprint density at radius 1 is 1.29 bits per heavy atom. The number of rotatable bonds is 5. The van der Waals surface area contributed by atoms with E-state index in [-0.39, 0.29) is 5.38 Å². The zero-order valence-electron chi connectivity index (χ0n) is 10.8. The van der Waals surface area contributed by atoms with Crippen molar-refractivity contribution < 1.29 is 4.74 Å². The molecule has 0 radical (unpaired) electrons. The maximum atomic E-state index is 6.52. The lowest BCUT2D eigenvalue weighted by molar-refractivity contribution is 0.339. The number of halogens is 2. The number of ether oxygens (including phenoxy) is 1. The number of alkyl halides is 1. The quantitative estimate of drug-likeness (QED) is 0.658. The van der Waals surface area contributed by atoms with E-state index in [0.29, 0.717) is 18.4 Å². The molecule has 0 fully saturated rings. The second kappa shape index (κ2) is 6.65. The van der Waals surface area contributed by atoms with Gasteiger partial charge < -0.3 is 4.74 Å². The molecule has 1 aromatic carbocycles. The van der Waals surface area contributed by atoms with Crippen LogP contribution in [0.5, 0.6) is 5.75 Å². The van der Waals surface area contributed by atoms with Crippen molar-refractivity contribution >= 4 is 27.5 Å². The minimum atomic E-state index is 0.0278. The third-order valence-corrected chi connectivity index (χ3v) is 4.41. The Morgan fingerprint density at radius 2 is 1.94 bits per heavy atom. The highest BCUT2D eigenvalue weighted by molar-refractivity contribution is 9.10. The van der Waals surface area contributed by atoms with Crippen LogP contribution < -0.4 is 4.74 Å². The third kappa shape index (κ3) is 3.89. The summed E-state index contributed by atoms with van der Waals surface area (Å²) in [5.41, 5.74) is 1.14. The van der Waals surface area contributed by atoms with Crippen LogP contribution in [0.4, 0.5) is 0 Å². The first-order chi connectivity index (χ1) is 7.97. The van der Waals surface area contributed by atoms with Gasteiger partial charge in [0.05, 0.1) is 12.0 Å². The van der Waals surface area contributed by atoms with E-state index in [1.807, 2.05) is 25.1 Å². The molecule has 2 unspecified atom stereocenters. The molecule has 0 aliphatic heterocycles. The summed E-state index contributed by atoms with van der Waals surface area (Å²) in [4.78, 5) is 0. The highest BCUT2D eigenvalue weighted by Crippen LogP contribution is 2.38. The van der Waals surface area contributed by atoms with Crippen LogP contribution in [0, 0.1) is 11.8 Å². The van der Waals surface area contributed by atoms with Crippen LogP contribution in [0.15, 0.2) is 22.7 Å². The van der Waals surface area contributed by atoms with Gasteiger partial charge in [-0.05, 0) is 36.5 Å². The maximum absolute atomic E-state index is 6.52. The summed E-state index contributed by atoms with van der Waals surface area (Å²) in [6.07, 6.45) is 0. The molecule has 1 nitrogen and oxygen atoms in total. The van der Waals surface area contributed by atoms with Crippen molar-refractivity contribution in [3.63, 3.8) is 0 Å². The van der Waals surface area contributed by atoms with Gasteiger partial charge in [0.15, 0.2) is 0 Å². The van der Waals surface area contributed by atoms with E-state index in [0.717, 1.165) is 15.8 Å². The molecule has 0 saturated carbocycles. The first kappa shape index (κ1) is 14.8. The van der Waals surface area contributed by atoms with E-state index in [2.05, 4.69) is 36.7 Å². The van der Waals surface area contributed by atoms with E-state index in [4.69, 9.17) is 16.3 Å². The van der Waals surface area contributed by atoms with Gasteiger partial charge in [-0.15, -0.1) is 11.6 Å². The van der Waals surface area contributed by atoms with Crippen molar-refractivity contribution in [3.05, 3.63) is 28.2 Å². The minimum absolute atomic E-state index is 0.0278. The second-order valence-corrected chi connectivity index (χ2v) is 5.95. The van der Waals surface area contributed by atoms with Crippen LogP contribution in [0.1, 0.15) is 38.6 Å². The standard InChI is InChI=1S/C14H20BrClO/c1-5-17-11-6-7-12(13(15)8-11)14(16)10(4)9(2)3/h6-10,14H,5H2,1-4H3. The van der Waals surface area contributed by atoms with Gasteiger partial charge in [0.2, 0.25) is 0 Å². The fraction of sp³-hybridized carbons (Fsp3) is 0.571. The molecule has 0 amide bonds. The lowest BCUT2D eigenvalue weighted by Crippen LogP contribution is -2.11. The van der Waals surface area contributed by atoms with Crippen molar-refractivity contribution in [2.75, 3.05) is 6.61 Å². The molecule has 1 aromatic rings. The number of hydrogen-bond donors (Lipinski definition) is 0. The van der Waals surface area contributed by atoms with Crippen molar-refractivity contribution in [3.8, 4) is 5.75 Å². The van der Waals surface area contributed by atoms with E-state index in [9.17, 15) is 0 Å². The fourth-order valence-electron chi connectivity index (χ4n) is 1.61. The van der Waals surface area contributed by atoms with Crippen molar-refractivity contribution in [2.24, 2.45) is 11.8 Å². The van der Waals surface area contributed by atoms with Crippen LogP contribution in [0.25, 0.3) is 0 Å². The van der Waals surface area contributed by atoms with E-state index in [1.54, 1.807) is 0 Å². The summed E-state index contributed by atoms with van der Waals surface area (Å²) >= 11 is 10.1. The predicted molar refractivity (Wildman–Crippen MR) is 77.9 cm³/mol. The Labute approximate surface area is 118 Å². The Hall–Kier alpha value is -0.210. The molecule has 0 aliphatic rings. The minimum Gasteiger partial charge on any atom is -0.494 e. The number of benzene rings is 1. The van der Waals surface area contributed by atoms with Gasteiger partial charge in [0, 0.05) is 4.47 Å². The predicted octanol–water partition coefficient (Wildman–Crippen LogP) is 5.42. The molecular formula is C14H20BrClO. The van der Waals surface area contributed by atoms with Gasteiger partial charge in [0.25, 0.3) is 0 Å². The molecule has 96 valence electrons. The van der Waals surface area contributed by atoms with Crippen LogP contribution in [-0.2, 0) is 0 Å². The lowest BCUT2D eigenvalue weighted by atomic mass is 9.90. The van der Waals surface area contributed by atoms with Gasteiger partial charge in [0.1, 0.15) is 5.75 Å². The number of hydrogen-bond acceptors (Lipinski definition) is 1. The monoisotopic (exact) mass is 318 g/mol. The average molecular weight is 320 g/mol. The Morgan fingerprint density at radius 3 is 2.41 bits per heavy atom. The van der Waals surface area contributed by atoms with Crippen LogP contribution >= 0.6 is 27.5 Å². The largest absolute Gasteiger partial charge is 0.494 e. The van der Waals surface area contributed by atoms with E-state index >= 15 is 0 Å². The molecule has 0 N–H and O–H groups in total. The highest BCUT2D eigenvalue weighted by Gasteiger charge is 2.21. The smallest absolute Gasteiger partial charge is 0.120 e. The lowest BCUT2D eigenvalue weighted by Gasteiger charge is -2.23. The van der Waals surface area contributed by atoms with Gasteiger partial charge in [-0.1, -0.05) is 42.8 Å². The van der Waals surface area contributed by atoms with Crippen molar-refractivity contribution in [1.29, 1.82) is 0 Å². The zero-order valence-corrected chi connectivity index (χ0v) is 13.2. The van der Waals surface area contributed by atoms with Crippen LogP contribution in [-0.4, -0.2) is 6.61 Å². The molecule has 0 spiro atoms. The fourth-order valence-corrected chi connectivity index (χ4v) is 2.83. The van der Waals surface area contributed by atoms with Crippen LogP contribution in [0.3, 0.4) is 0 Å². The molecule has 0 bridgehead atoms. The Bertz CT molecular complexity index is 365. The summed E-state index contributed by atoms with van der Waals surface area (Å²) in [5, 5.41) is 0.0278. The van der Waals surface area contributed by atoms with Gasteiger partial charge in [-0.25, -0.2) is 0 Å². The summed E-state index contributed by atoms with van der Waals surface area (Å²) < 4.78 is 6.48. The molecule has 2 atom stereocenters. The topological polar surface area (TPSA) is 9.23 Å². The van der Waals surface area contributed by atoms with Crippen molar-refractivity contribution in [1.82, 2.24) is 0 Å². The van der Waals surface area contributed by atoms with Gasteiger partial charge in [-0.2, -0.15) is 0 Å². The molecule has 1 rings (SSSR count). The van der Waals surface area contributed by atoms with Gasteiger partial charge in [-0.3, -0.25) is 0 Å². The molecule has 17 heavy (non-hydrogen) atoms. The summed E-state index contributed by atoms with van der Waals surface area (Å²) in [6, 6.07) is 6.01. The molecular weight excluding hydrogens is 300 g/mol. The van der Waals surface area contributed by atoms with Crippen molar-refractivity contribution in [2.45, 2.75) is 33.1 Å². The summed E-state index contributed by atoms with van der Waals surface area (Å²) in [7, 11) is 0. The van der Waals surface area contributed by atoms with Gasteiger partial charge >= 0.3 is 0 Å². The molecule has 0 aliphatic carbocycles. The first-order valence-electron chi connectivity index (χ1n) is 6.03. The zero-order chi connectivity index (χ0) is 13.0. The summed E-state index contributed by atoms with van der Waals surface area (Å²) in [6.45, 7) is 9.24. The molecule has 0 heterocycles. The molecule has 0 saturated heterocycles. The highest BCUT2D eigenvalue weighted by atomic mass is 79.9. The Balaban J connectivity index is 2.91. The normalized spacial score (nSPS) is 14.8.